The molecule has 2 N–H and O–H groups in total. The van der Waals surface area contributed by atoms with Gasteiger partial charge < -0.3 is 5.11 Å². The van der Waals surface area contributed by atoms with Crippen molar-refractivity contribution in [1.29, 1.82) is 0 Å². The van der Waals surface area contributed by atoms with Crippen LogP contribution in [0.5, 0.6) is 5.75 Å². The monoisotopic (exact) mass is 450 g/mol. The third-order valence-corrected chi connectivity index (χ3v) is 4.98. The molecule has 0 unspecified atom stereocenters. The molecule has 1 heterocycles. The molecule has 0 saturated heterocycles. The molecule has 4 aromatic rings. The standard InChI is InChI=1S/C23H16Cl2N4O2/c24-17-9-10-20(21(25)12-17)22-16(14-29(28-22)18-6-2-1-3-7-18)13-26-27-23(31)15-5-4-8-19(30)11-15/h1-14,30H,(H,27,31)/b26-13-. The van der Waals surface area contributed by atoms with Gasteiger partial charge in [-0.05, 0) is 48.5 Å². The summed E-state index contributed by atoms with van der Waals surface area (Å²) in [6, 6.07) is 20.8. The molecule has 1 aromatic heterocycles. The highest BCUT2D eigenvalue weighted by Crippen LogP contribution is 2.31. The van der Waals surface area contributed by atoms with Crippen molar-refractivity contribution in [3.05, 3.63) is 100 Å². The van der Waals surface area contributed by atoms with E-state index in [9.17, 15) is 9.90 Å². The van der Waals surface area contributed by atoms with Gasteiger partial charge >= 0.3 is 0 Å². The van der Waals surface area contributed by atoms with Gasteiger partial charge in [-0.25, -0.2) is 10.1 Å². The van der Waals surface area contributed by atoms with Crippen LogP contribution in [-0.2, 0) is 0 Å². The molecule has 6 nitrogen and oxygen atoms in total. The van der Waals surface area contributed by atoms with Gasteiger partial charge in [0.05, 0.1) is 16.9 Å². The molecule has 0 bridgehead atoms. The van der Waals surface area contributed by atoms with Crippen LogP contribution in [-0.4, -0.2) is 27.0 Å². The Morgan fingerprint density at radius 2 is 1.84 bits per heavy atom. The first kappa shape index (κ1) is 20.7. The second-order valence-electron chi connectivity index (χ2n) is 6.59. The van der Waals surface area contributed by atoms with E-state index in [1.165, 1.54) is 18.3 Å². The first-order chi connectivity index (χ1) is 15.0. The number of benzene rings is 3. The third-order valence-electron chi connectivity index (χ3n) is 4.43. The minimum Gasteiger partial charge on any atom is -0.508 e. The predicted molar refractivity (Wildman–Crippen MR) is 122 cm³/mol. The van der Waals surface area contributed by atoms with Crippen LogP contribution in [0.25, 0.3) is 16.9 Å². The van der Waals surface area contributed by atoms with Crippen LogP contribution >= 0.6 is 23.2 Å². The molecule has 0 aliphatic heterocycles. The fraction of sp³-hybridized carbons (Fsp3) is 0. The van der Waals surface area contributed by atoms with Gasteiger partial charge in [-0.3, -0.25) is 4.79 Å². The summed E-state index contributed by atoms with van der Waals surface area (Å²) in [4.78, 5) is 12.3. The summed E-state index contributed by atoms with van der Waals surface area (Å²) in [5.41, 5.74) is 5.51. The molecule has 0 saturated carbocycles. The number of hydrogen-bond acceptors (Lipinski definition) is 4. The number of amides is 1. The highest BCUT2D eigenvalue weighted by atomic mass is 35.5. The smallest absolute Gasteiger partial charge is 0.271 e. The molecular formula is C23H16Cl2N4O2. The Morgan fingerprint density at radius 1 is 1.03 bits per heavy atom. The summed E-state index contributed by atoms with van der Waals surface area (Å²) < 4.78 is 1.71. The Labute approximate surface area is 188 Å². The summed E-state index contributed by atoms with van der Waals surface area (Å²) in [7, 11) is 0. The van der Waals surface area contributed by atoms with E-state index in [0.717, 1.165) is 5.69 Å². The van der Waals surface area contributed by atoms with E-state index in [2.05, 4.69) is 15.6 Å². The number of hydrazone groups is 1. The number of phenolic OH excluding ortho intramolecular Hbond substituents is 1. The van der Waals surface area contributed by atoms with E-state index in [1.54, 1.807) is 41.2 Å². The topological polar surface area (TPSA) is 79.5 Å². The van der Waals surface area contributed by atoms with E-state index in [4.69, 9.17) is 23.2 Å². The molecule has 1 amide bonds. The van der Waals surface area contributed by atoms with Gasteiger partial charge in [0.2, 0.25) is 0 Å². The number of carbonyl (C=O) groups is 1. The molecule has 0 fully saturated rings. The van der Waals surface area contributed by atoms with Gasteiger partial charge in [-0.1, -0.05) is 47.5 Å². The molecule has 3 aromatic carbocycles. The number of hydrogen-bond donors (Lipinski definition) is 2. The second kappa shape index (κ2) is 9.04. The second-order valence-corrected chi connectivity index (χ2v) is 7.43. The van der Waals surface area contributed by atoms with E-state index in [1.807, 2.05) is 30.3 Å². The largest absolute Gasteiger partial charge is 0.508 e. The van der Waals surface area contributed by atoms with Crippen molar-refractivity contribution in [2.24, 2.45) is 5.10 Å². The maximum absolute atomic E-state index is 12.3. The maximum atomic E-state index is 12.3. The Balaban J connectivity index is 1.67. The first-order valence-electron chi connectivity index (χ1n) is 9.24. The number of nitrogens with one attached hydrogen (secondary N) is 1. The molecule has 154 valence electrons. The lowest BCUT2D eigenvalue weighted by molar-refractivity contribution is 0.0954. The maximum Gasteiger partial charge on any atom is 0.271 e. The van der Waals surface area contributed by atoms with Gasteiger partial charge in [0.1, 0.15) is 11.4 Å². The lowest BCUT2D eigenvalue weighted by Crippen LogP contribution is -2.17. The Kier molecular flexibility index (Phi) is 6.02. The first-order valence-corrected chi connectivity index (χ1v) is 10.00. The van der Waals surface area contributed by atoms with Crippen LogP contribution in [0.15, 0.2) is 84.1 Å². The third kappa shape index (κ3) is 4.77. The van der Waals surface area contributed by atoms with Crippen LogP contribution < -0.4 is 5.43 Å². The fourth-order valence-corrected chi connectivity index (χ4v) is 3.46. The number of nitrogens with zero attached hydrogens (tertiary/aromatic N) is 3. The zero-order valence-corrected chi connectivity index (χ0v) is 17.5. The molecule has 0 atom stereocenters. The SMILES string of the molecule is O=C(N/N=C\c1cn(-c2ccccc2)nc1-c1ccc(Cl)cc1Cl)c1cccc(O)c1. The molecule has 0 aliphatic carbocycles. The van der Waals surface area contributed by atoms with Crippen LogP contribution in [0, 0.1) is 0 Å². The van der Waals surface area contributed by atoms with Crippen LogP contribution in [0.2, 0.25) is 10.0 Å². The van der Waals surface area contributed by atoms with E-state index >= 15 is 0 Å². The number of halogens is 2. The summed E-state index contributed by atoms with van der Waals surface area (Å²) >= 11 is 12.4. The summed E-state index contributed by atoms with van der Waals surface area (Å²) in [5, 5.41) is 19.2. The zero-order valence-electron chi connectivity index (χ0n) is 16.0. The van der Waals surface area contributed by atoms with E-state index < -0.39 is 5.91 Å². The summed E-state index contributed by atoms with van der Waals surface area (Å²) in [6.07, 6.45) is 3.28. The van der Waals surface area contributed by atoms with E-state index in [0.29, 0.717) is 26.9 Å². The van der Waals surface area contributed by atoms with Crippen LogP contribution in [0.4, 0.5) is 0 Å². The molecule has 0 spiro atoms. The van der Waals surface area contributed by atoms with Gasteiger partial charge in [-0.2, -0.15) is 10.2 Å². The van der Waals surface area contributed by atoms with Gasteiger partial charge in [0.15, 0.2) is 0 Å². The zero-order chi connectivity index (χ0) is 21.8. The molecular weight excluding hydrogens is 435 g/mol. The number of para-hydroxylation sites is 1. The van der Waals surface area contributed by atoms with Gasteiger partial charge in [0, 0.05) is 27.9 Å². The Hall–Kier alpha value is -3.61. The normalized spacial score (nSPS) is 11.0. The van der Waals surface area contributed by atoms with Gasteiger partial charge in [0.25, 0.3) is 5.91 Å². The molecule has 4 rings (SSSR count). The highest BCUT2D eigenvalue weighted by molar-refractivity contribution is 6.36. The number of carbonyl (C=O) groups excluding carboxylic acids is 1. The highest BCUT2D eigenvalue weighted by Gasteiger charge is 2.14. The average molecular weight is 451 g/mol. The van der Waals surface area contributed by atoms with Crippen LogP contribution in [0.1, 0.15) is 15.9 Å². The molecule has 31 heavy (non-hydrogen) atoms. The summed E-state index contributed by atoms with van der Waals surface area (Å²) in [5.74, 6) is -0.450. The van der Waals surface area contributed by atoms with Crippen molar-refractivity contribution >= 4 is 35.3 Å². The van der Waals surface area contributed by atoms with Crippen LogP contribution in [0.3, 0.4) is 0 Å². The Bertz CT molecular complexity index is 1270. The summed E-state index contributed by atoms with van der Waals surface area (Å²) in [6.45, 7) is 0. The predicted octanol–water partition coefficient (Wildman–Crippen LogP) is 5.32. The lowest BCUT2D eigenvalue weighted by Gasteiger charge is -2.03. The van der Waals surface area contributed by atoms with E-state index in [-0.39, 0.29) is 11.3 Å². The fourth-order valence-electron chi connectivity index (χ4n) is 2.96. The number of phenols is 1. The quantitative estimate of drug-likeness (QED) is 0.319. The van der Waals surface area contributed by atoms with Crippen molar-refractivity contribution in [2.45, 2.75) is 0 Å². The minimum atomic E-state index is -0.450. The lowest BCUT2D eigenvalue weighted by atomic mass is 10.1. The number of rotatable bonds is 5. The van der Waals surface area contributed by atoms with Crippen molar-refractivity contribution < 1.29 is 9.90 Å². The molecule has 0 radical (unpaired) electrons. The van der Waals surface area contributed by atoms with Gasteiger partial charge in [-0.15, -0.1) is 0 Å². The van der Waals surface area contributed by atoms with Crippen molar-refractivity contribution in [2.75, 3.05) is 0 Å². The molecule has 0 aliphatic rings. The van der Waals surface area contributed by atoms with Crippen molar-refractivity contribution in [3.8, 4) is 22.7 Å². The van der Waals surface area contributed by atoms with Crippen molar-refractivity contribution in [1.82, 2.24) is 15.2 Å². The number of aromatic hydroxyl groups is 1. The van der Waals surface area contributed by atoms with Crippen molar-refractivity contribution in [3.63, 3.8) is 0 Å². The Morgan fingerprint density at radius 3 is 2.58 bits per heavy atom. The minimum absolute atomic E-state index is 0.000401. The number of aromatic nitrogens is 2. The molecule has 8 heteroatoms. The average Bonchev–Trinajstić information content (AvgIpc) is 3.18.